The van der Waals surface area contributed by atoms with Crippen LogP contribution in [0.3, 0.4) is 0 Å². The second kappa shape index (κ2) is 30.8. The van der Waals surface area contributed by atoms with Crippen molar-refractivity contribution in [2.45, 2.75) is 109 Å². The highest BCUT2D eigenvalue weighted by atomic mass is 32.2. The Morgan fingerprint density at radius 1 is 0.509 bits per heavy atom. The fraction of sp³-hybridized carbons (Fsp3) is 0.185. The van der Waals surface area contributed by atoms with E-state index >= 15 is 0 Å². The van der Waals surface area contributed by atoms with Gasteiger partial charge in [0, 0.05) is 118 Å². The van der Waals surface area contributed by atoms with Gasteiger partial charge < -0.3 is 37.8 Å². The van der Waals surface area contributed by atoms with Crippen molar-refractivity contribution in [2.24, 2.45) is 0 Å². The molecule has 2 saturated heterocycles. The molecule has 0 spiro atoms. The monoisotopic (exact) mass is 1580 g/mol. The Labute approximate surface area is 636 Å². The first-order chi connectivity index (χ1) is 51.6. The number of anilines is 1. The largest absolute Gasteiger partial charge is 0.534 e. The van der Waals surface area contributed by atoms with Crippen LogP contribution in [0.1, 0.15) is 72.2 Å². The fourth-order valence-electron chi connectivity index (χ4n) is 12.7. The molecule has 8 heterocycles. The van der Waals surface area contributed by atoms with Gasteiger partial charge in [0.15, 0.2) is 22.5 Å². The van der Waals surface area contributed by atoms with Gasteiger partial charge in [-0.05, 0) is 146 Å². The summed E-state index contributed by atoms with van der Waals surface area (Å²) in [6, 6.07) is 54.4. The second-order valence-corrected chi connectivity index (χ2v) is 33.3. The minimum Gasteiger partial charge on any atom is -0.507 e. The van der Waals surface area contributed by atoms with Gasteiger partial charge in [0.2, 0.25) is 0 Å². The maximum atomic E-state index is 14.6. The van der Waals surface area contributed by atoms with Gasteiger partial charge in [-0.25, -0.2) is 22.0 Å². The molecule has 108 heavy (non-hydrogen) atoms. The van der Waals surface area contributed by atoms with E-state index in [2.05, 4.69) is 16.3 Å². The first kappa shape index (κ1) is 75.8. The maximum Gasteiger partial charge on any atom is 0.534 e. The number of hydrogen-bond donors (Lipinski definition) is 2. The van der Waals surface area contributed by atoms with E-state index in [4.69, 9.17) is 18.5 Å². The van der Waals surface area contributed by atoms with Gasteiger partial charge in [-0.15, -0.1) is 11.3 Å². The van der Waals surface area contributed by atoms with E-state index in [1.165, 1.54) is 87.8 Å². The molecule has 0 radical (unpaired) electrons. The number of phenols is 2. The molecule has 0 unspecified atom stereocenters. The van der Waals surface area contributed by atoms with Crippen LogP contribution in [0.25, 0.3) is 31.5 Å². The predicted molar refractivity (Wildman–Crippen MR) is 406 cm³/mol. The van der Waals surface area contributed by atoms with Crippen LogP contribution in [0.15, 0.2) is 247 Å². The van der Waals surface area contributed by atoms with Crippen molar-refractivity contribution in [3.05, 3.63) is 288 Å². The number of fused-ring (bicyclic) bond motifs is 10. The molecule has 0 saturated carbocycles. The second-order valence-electron chi connectivity index (χ2n) is 26.5. The van der Waals surface area contributed by atoms with E-state index < -0.39 is 51.3 Å². The number of hydrogen-bond acceptors (Lipinski definition) is 17. The molecule has 27 heteroatoms. The molecule has 552 valence electrons. The van der Waals surface area contributed by atoms with Gasteiger partial charge in [-0.1, -0.05) is 138 Å². The van der Waals surface area contributed by atoms with Crippen molar-refractivity contribution in [3.63, 3.8) is 0 Å². The molecule has 6 aliphatic rings. The molecule has 2 N–H and O–H groups in total. The normalized spacial score (nSPS) is 15.4. The van der Waals surface area contributed by atoms with Crippen LogP contribution < -0.4 is 25.4 Å². The highest BCUT2D eigenvalue weighted by molar-refractivity contribution is 8.00. The Kier molecular flexibility index (Phi) is 21.6. The Bertz CT molecular complexity index is 5710. The Balaban J connectivity index is 0.000000115. The third-order valence-corrected chi connectivity index (χ3v) is 26.3. The van der Waals surface area contributed by atoms with E-state index in [0.717, 1.165) is 87.5 Å². The molecule has 2 fully saturated rings. The van der Waals surface area contributed by atoms with Crippen LogP contribution >= 0.6 is 58.4 Å². The summed E-state index contributed by atoms with van der Waals surface area (Å²) in [5.41, 5.74) is 1.12. The number of nitrogens with zero attached hydrogens (tertiary/aromatic N) is 1. The van der Waals surface area contributed by atoms with Crippen LogP contribution in [0.2, 0.25) is 0 Å². The lowest BCUT2D eigenvalue weighted by molar-refractivity contribution is -0.0501. The van der Waals surface area contributed by atoms with Gasteiger partial charge in [0.25, 0.3) is 0 Å². The summed E-state index contributed by atoms with van der Waals surface area (Å²) in [5, 5.41) is 19.9. The third-order valence-electron chi connectivity index (χ3n) is 19.0. The number of ether oxygens (including phenoxy) is 1. The predicted octanol–water partition coefficient (Wildman–Crippen LogP) is 19.5. The Hall–Kier alpha value is -9.03. The van der Waals surface area contributed by atoms with E-state index in [9.17, 15) is 63.3 Å². The molecule has 12 nitrogen and oxygen atoms in total. The summed E-state index contributed by atoms with van der Waals surface area (Å²) in [4.78, 5) is 33.0. The zero-order valence-corrected chi connectivity index (χ0v) is 62.6. The third kappa shape index (κ3) is 15.5. The number of alkyl halides is 3. The number of aromatic hydroxyl groups is 2. The number of phenolic OH excluding ortho intramolecular Hbond substituents is 2. The van der Waals surface area contributed by atoms with E-state index in [1.54, 1.807) is 72.4 Å². The van der Waals surface area contributed by atoms with E-state index in [-0.39, 0.29) is 62.1 Å². The lowest BCUT2D eigenvalue weighted by Gasteiger charge is -2.32. The van der Waals surface area contributed by atoms with Crippen LogP contribution in [0, 0.1) is 29.1 Å². The Morgan fingerprint density at radius 3 is 1.52 bits per heavy atom. The molecule has 0 atom stereocenters. The van der Waals surface area contributed by atoms with E-state index in [1.807, 2.05) is 93.3 Å². The van der Waals surface area contributed by atoms with Crippen molar-refractivity contribution >= 4 is 107 Å². The number of morpholine rings is 1. The molecule has 10 aromatic carbocycles. The smallest absolute Gasteiger partial charge is 0.507 e. The minimum atomic E-state index is -5.81. The summed E-state index contributed by atoms with van der Waals surface area (Å²) in [6.07, 6.45) is 1.84. The topological polar surface area (TPSA) is 162 Å². The summed E-state index contributed by atoms with van der Waals surface area (Å²) in [5.74, 6) is -1.27. The Morgan fingerprint density at radius 2 is 0.954 bits per heavy atom. The average Bonchev–Trinajstić information content (AvgIpc) is 1.62. The van der Waals surface area contributed by atoms with Crippen molar-refractivity contribution in [1.29, 1.82) is 0 Å². The molecular formula is C81H62BF8NO11S6. The van der Waals surface area contributed by atoms with Gasteiger partial charge in [-0.3, -0.25) is 9.59 Å². The van der Waals surface area contributed by atoms with Gasteiger partial charge >= 0.3 is 22.7 Å². The SMILES string of the molecule is CC1(C)OB(c2ccc(F)c3c2Sc2ccccc2C3)OC1(C)C.O=S(=O)(Oc1ccc(F)c2c1Sc1ccccc1C2)C(F)(F)F.O=c1c2ccccc2sc2c(O)ccc(F)c12.O=c1cc(-c2ccc(F)c3c2Sc2ccccc2C3)oc(N2CCOCC2)c1.Oc1ccc(F)c2c1Sc1ccccc1C2. The number of halogens is 8. The maximum absolute atomic E-state index is 14.6. The lowest BCUT2D eigenvalue weighted by Crippen LogP contribution is -2.41. The van der Waals surface area contributed by atoms with Crippen LogP contribution in [-0.4, -0.2) is 68.8 Å². The van der Waals surface area contributed by atoms with Gasteiger partial charge in [-0.2, -0.15) is 21.6 Å². The zero-order valence-electron chi connectivity index (χ0n) is 57.7. The van der Waals surface area contributed by atoms with Gasteiger partial charge in [0.1, 0.15) is 46.3 Å². The highest BCUT2D eigenvalue weighted by Gasteiger charge is 2.53. The van der Waals surface area contributed by atoms with Crippen molar-refractivity contribution in [2.75, 3.05) is 31.2 Å². The molecular weight excluding hydrogens is 1520 g/mol. The zero-order chi connectivity index (χ0) is 76.1. The average molecular weight is 1580 g/mol. The molecule has 12 aromatic rings. The summed E-state index contributed by atoms with van der Waals surface area (Å²) in [6.45, 7) is 10.7. The number of benzene rings is 10. The molecule has 0 amide bonds. The summed E-state index contributed by atoms with van der Waals surface area (Å²) >= 11 is 6.77. The molecule has 0 aliphatic carbocycles. The van der Waals surface area contributed by atoms with Crippen molar-refractivity contribution in [3.8, 4) is 28.6 Å². The standard InChI is InChI=1S/C22H18FNO3S.C19H20BFO2S.C14H8F4O3S2.C13H7FO2S.C13H9FOS/c23-18-6-5-16(22-17(18)11-14-3-1-2-4-20(14)28-22)19-12-15(25)13-21(27-19)24-7-9-26-10-8-24;1-18(2)19(3,4)23-20(22-18)14-9-10-15(21)13-11-12-7-5-6-8-16(12)24-17(13)14;15-10-5-6-11(21-23(19,20)14(16,17)18)13-9(10)7-8-3-1-2-4-12(8)22-13;14-8-5-6-9(15)13-11(8)12(16)7-3-1-2-4-10(7)17-13;14-10-5-6-11(15)13-9(10)7-8-3-1-2-4-12(8)16-13/h1-6,12-13H,7-11H2;5-10H,11H2,1-4H3;1-6H,7H2;1-6,15H;1-6,15H,7H2. The van der Waals surface area contributed by atoms with Crippen LogP contribution in [-0.2, 0) is 49.8 Å². The highest BCUT2D eigenvalue weighted by Crippen LogP contribution is 2.50. The number of rotatable bonds is 5. The first-order valence-electron chi connectivity index (χ1n) is 33.8. The first-order valence-corrected chi connectivity index (χ1v) is 39.2. The van der Waals surface area contributed by atoms with Gasteiger partial charge in [0.05, 0.1) is 44.3 Å². The minimum absolute atomic E-state index is 0.0336. The summed E-state index contributed by atoms with van der Waals surface area (Å²) < 4.78 is 159. The molecule has 2 aromatic heterocycles. The molecule has 0 bridgehead atoms. The fourth-order valence-corrected chi connectivity index (χ4v) is 19.0. The quantitative estimate of drug-likeness (QED) is 0.0550. The lowest BCUT2D eigenvalue weighted by atomic mass is 9.77. The van der Waals surface area contributed by atoms with Crippen molar-refractivity contribution in [1.82, 2.24) is 0 Å². The van der Waals surface area contributed by atoms with Crippen LogP contribution in [0.4, 0.5) is 41.0 Å². The van der Waals surface area contributed by atoms with E-state index in [0.29, 0.717) is 88.2 Å². The molecule has 6 aliphatic heterocycles. The summed E-state index contributed by atoms with van der Waals surface area (Å²) in [7, 11) is -6.28. The van der Waals surface area contributed by atoms with Crippen LogP contribution in [0.5, 0.6) is 17.2 Å². The van der Waals surface area contributed by atoms with Crippen molar-refractivity contribution < 1.29 is 76.4 Å². The molecule has 18 rings (SSSR count).